The first-order chi connectivity index (χ1) is 11.8. The van der Waals surface area contributed by atoms with E-state index in [1.54, 1.807) is 6.92 Å². The van der Waals surface area contributed by atoms with Crippen LogP contribution >= 0.6 is 0 Å². The maximum Gasteiger partial charge on any atom is 0.248 e. The molecule has 0 bridgehead atoms. The molecule has 0 aliphatic carbocycles. The molecule has 2 aliphatic rings. The molecule has 0 radical (unpaired) electrons. The van der Waals surface area contributed by atoms with Crippen molar-refractivity contribution in [3.05, 3.63) is 35.9 Å². The molecule has 1 spiro atoms. The third kappa shape index (κ3) is 2.41. The van der Waals surface area contributed by atoms with Crippen LogP contribution < -0.4 is 11.1 Å². The van der Waals surface area contributed by atoms with Gasteiger partial charge in [-0.2, -0.15) is 5.26 Å². The van der Waals surface area contributed by atoms with Gasteiger partial charge in [-0.25, -0.2) is 0 Å². The molecule has 132 valence electrons. The molecule has 0 saturated carbocycles. The molecular weight excluding hydrogens is 320 g/mol. The van der Waals surface area contributed by atoms with E-state index in [-0.39, 0.29) is 18.9 Å². The van der Waals surface area contributed by atoms with Crippen LogP contribution in [0.3, 0.4) is 0 Å². The van der Waals surface area contributed by atoms with Crippen molar-refractivity contribution in [2.45, 2.75) is 44.0 Å². The zero-order chi connectivity index (χ0) is 18.4. The summed E-state index contributed by atoms with van der Waals surface area (Å²) in [7, 11) is 0. The van der Waals surface area contributed by atoms with Crippen molar-refractivity contribution in [1.82, 2.24) is 10.2 Å². The molecule has 2 saturated heterocycles. The molecule has 7 nitrogen and oxygen atoms in total. The lowest BCUT2D eigenvalue weighted by Crippen LogP contribution is -2.73. The van der Waals surface area contributed by atoms with Gasteiger partial charge in [0.05, 0.1) is 30.2 Å². The average Bonchev–Trinajstić information content (AvgIpc) is 2.92. The summed E-state index contributed by atoms with van der Waals surface area (Å²) in [5.41, 5.74) is 4.65. The van der Waals surface area contributed by atoms with Crippen LogP contribution in [0.15, 0.2) is 30.3 Å². The van der Waals surface area contributed by atoms with E-state index >= 15 is 0 Å². The van der Waals surface area contributed by atoms with Gasteiger partial charge in [0, 0.05) is 6.42 Å². The van der Waals surface area contributed by atoms with E-state index in [0.717, 1.165) is 5.56 Å². The molecule has 25 heavy (non-hydrogen) atoms. The third-order valence-electron chi connectivity index (χ3n) is 5.36. The van der Waals surface area contributed by atoms with Gasteiger partial charge in [0.15, 0.2) is 0 Å². The zero-order valence-corrected chi connectivity index (χ0v) is 14.3. The zero-order valence-electron chi connectivity index (χ0n) is 14.3. The summed E-state index contributed by atoms with van der Waals surface area (Å²) in [6, 6.07) is 9.73. The number of nitrogens with one attached hydrogen (secondary N) is 1. The maximum atomic E-state index is 13.1. The van der Waals surface area contributed by atoms with Crippen molar-refractivity contribution >= 4 is 11.8 Å². The van der Waals surface area contributed by atoms with Gasteiger partial charge in [-0.3, -0.25) is 9.59 Å². The molecule has 2 heterocycles. The lowest BCUT2D eigenvalue weighted by Gasteiger charge is -2.47. The summed E-state index contributed by atoms with van der Waals surface area (Å²) < 4.78 is 0. The van der Waals surface area contributed by atoms with Crippen LogP contribution in [0.4, 0.5) is 0 Å². The van der Waals surface area contributed by atoms with Crippen molar-refractivity contribution in [2.75, 3.05) is 6.54 Å². The Hall–Kier alpha value is -2.43. The van der Waals surface area contributed by atoms with Crippen LogP contribution in [0.5, 0.6) is 0 Å². The Morgan fingerprint density at radius 1 is 1.48 bits per heavy atom. The summed E-state index contributed by atoms with van der Waals surface area (Å²) in [6.45, 7) is 3.48. The van der Waals surface area contributed by atoms with Crippen LogP contribution in [-0.2, 0) is 9.59 Å². The minimum absolute atomic E-state index is 0.236. The van der Waals surface area contributed by atoms with Gasteiger partial charge in [-0.05, 0) is 19.4 Å². The third-order valence-corrected chi connectivity index (χ3v) is 5.36. The predicted octanol–water partition coefficient (Wildman–Crippen LogP) is 0.0666. The lowest BCUT2D eigenvalue weighted by atomic mass is 9.75. The molecule has 4 N–H and O–H groups in total. The molecule has 5 unspecified atom stereocenters. The molecule has 3 rings (SSSR count). The molecule has 2 amide bonds. The Kier molecular flexibility index (Phi) is 4.06. The summed E-state index contributed by atoms with van der Waals surface area (Å²) in [6.07, 6.45) is -0.821. The normalized spacial score (nSPS) is 33.3. The second-order valence-corrected chi connectivity index (χ2v) is 7.21. The van der Waals surface area contributed by atoms with E-state index in [0.29, 0.717) is 0 Å². The van der Waals surface area contributed by atoms with Crippen LogP contribution in [0.2, 0.25) is 0 Å². The Morgan fingerprint density at radius 3 is 2.56 bits per heavy atom. The second kappa shape index (κ2) is 5.83. The van der Waals surface area contributed by atoms with Crippen molar-refractivity contribution < 1.29 is 14.7 Å². The number of nitrogens with zero attached hydrogens (tertiary/aromatic N) is 2. The number of benzene rings is 1. The minimum atomic E-state index is -1.16. The fourth-order valence-electron chi connectivity index (χ4n) is 3.98. The Labute approximate surface area is 146 Å². The molecule has 5 atom stereocenters. The monoisotopic (exact) mass is 342 g/mol. The van der Waals surface area contributed by atoms with E-state index in [1.165, 1.54) is 11.8 Å². The number of hydrogen-bond acceptors (Lipinski definition) is 5. The second-order valence-electron chi connectivity index (χ2n) is 7.21. The number of likely N-dealkylation sites (tertiary alicyclic amines) is 1. The average molecular weight is 342 g/mol. The Bertz CT molecular complexity index is 744. The fourth-order valence-corrected chi connectivity index (χ4v) is 3.98. The molecule has 2 fully saturated rings. The number of hydrogen-bond donors (Lipinski definition) is 3. The first-order valence-electron chi connectivity index (χ1n) is 8.28. The minimum Gasteiger partial charge on any atom is -0.391 e. The number of amides is 2. The number of rotatable bonds is 3. The SMILES string of the molecule is CC(O)C(N)C(=O)N1C(c2ccccc2)C(C)(C#N)CC12CNC2=O. The molecule has 2 aliphatic heterocycles. The molecule has 7 heteroatoms. The summed E-state index contributed by atoms with van der Waals surface area (Å²) in [5.74, 6) is -0.795. The van der Waals surface area contributed by atoms with E-state index in [9.17, 15) is 20.0 Å². The Morgan fingerprint density at radius 2 is 2.12 bits per heavy atom. The number of nitriles is 1. The predicted molar refractivity (Wildman–Crippen MR) is 89.8 cm³/mol. The van der Waals surface area contributed by atoms with Crippen LogP contribution in [0.1, 0.15) is 31.9 Å². The van der Waals surface area contributed by atoms with Crippen LogP contribution in [0, 0.1) is 16.7 Å². The van der Waals surface area contributed by atoms with Crippen LogP contribution in [0.25, 0.3) is 0 Å². The van der Waals surface area contributed by atoms with Crippen molar-refractivity contribution in [1.29, 1.82) is 5.26 Å². The summed E-state index contributed by atoms with van der Waals surface area (Å²) in [5, 5.41) is 22.3. The van der Waals surface area contributed by atoms with E-state index in [1.807, 2.05) is 30.3 Å². The van der Waals surface area contributed by atoms with E-state index < -0.39 is 35.0 Å². The lowest BCUT2D eigenvalue weighted by molar-refractivity contribution is -0.156. The molecule has 1 aromatic carbocycles. The largest absolute Gasteiger partial charge is 0.391 e. The highest BCUT2D eigenvalue weighted by atomic mass is 16.3. The number of carbonyl (C=O) groups is 2. The number of aliphatic hydroxyl groups excluding tert-OH is 1. The first kappa shape index (κ1) is 17.4. The molecular formula is C18H22N4O3. The smallest absolute Gasteiger partial charge is 0.248 e. The van der Waals surface area contributed by atoms with Gasteiger partial charge in [0.25, 0.3) is 0 Å². The first-order valence-corrected chi connectivity index (χ1v) is 8.28. The number of aliphatic hydroxyl groups is 1. The van der Waals surface area contributed by atoms with Gasteiger partial charge in [-0.15, -0.1) is 0 Å². The highest BCUT2D eigenvalue weighted by molar-refractivity contribution is 5.99. The number of β-lactam (4-membered cyclic amide) rings is 1. The standard InChI is InChI=1S/C18H22N4O3/c1-11(23)13(20)15(24)22-14(12-6-4-3-5-7-12)17(2,9-19)8-18(22)10-21-16(18)25/h3-7,11,13-14,23H,8,10,20H2,1-2H3,(H,21,25). The summed E-state index contributed by atoms with van der Waals surface area (Å²) in [4.78, 5) is 27.0. The van der Waals surface area contributed by atoms with Crippen LogP contribution in [-0.4, -0.2) is 46.1 Å². The Balaban J connectivity index is 2.15. The van der Waals surface area contributed by atoms with Gasteiger partial charge < -0.3 is 21.1 Å². The number of nitrogens with two attached hydrogens (primary N) is 1. The highest BCUT2D eigenvalue weighted by Gasteiger charge is 2.67. The van der Waals surface area contributed by atoms with Gasteiger partial charge in [-0.1, -0.05) is 30.3 Å². The van der Waals surface area contributed by atoms with Crippen molar-refractivity contribution in [3.8, 4) is 6.07 Å². The van der Waals surface area contributed by atoms with Gasteiger partial charge in [0.1, 0.15) is 11.6 Å². The van der Waals surface area contributed by atoms with E-state index in [2.05, 4.69) is 11.4 Å². The maximum absolute atomic E-state index is 13.1. The van der Waals surface area contributed by atoms with Gasteiger partial charge in [0.2, 0.25) is 11.8 Å². The van der Waals surface area contributed by atoms with Gasteiger partial charge >= 0.3 is 0 Å². The quantitative estimate of drug-likeness (QED) is 0.671. The fraction of sp³-hybridized carbons (Fsp3) is 0.500. The summed E-state index contributed by atoms with van der Waals surface area (Å²) >= 11 is 0. The highest BCUT2D eigenvalue weighted by Crippen LogP contribution is 2.56. The molecule has 0 aromatic heterocycles. The van der Waals surface area contributed by atoms with Crippen molar-refractivity contribution in [3.63, 3.8) is 0 Å². The molecule has 1 aromatic rings. The topological polar surface area (TPSA) is 119 Å². The number of carbonyl (C=O) groups excluding carboxylic acids is 2. The van der Waals surface area contributed by atoms with Crippen molar-refractivity contribution in [2.24, 2.45) is 11.1 Å². The van der Waals surface area contributed by atoms with E-state index in [4.69, 9.17) is 5.73 Å².